The molecule has 6 nitrogen and oxygen atoms in total. The molecule has 0 saturated heterocycles. The number of benzene rings is 2. The number of hydrogen-bond acceptors (Lipinski definition) is 6. The molecule has 0 aliphatic heterocycles. The Bertz CT molecular complexity index is 912. The quantitative estimate of drug-likeness (QED) is 0.422. The van der Waals surface area contributed by atoms with Gasteiger partial charge in [0.2, 0.25) is 5.95 Å². The maximum Gasteiger partial charge on any atom is 0.225 e. The Balaban J connectivity index is 1.84. The van der Waals surface area contributed by atoms with Crippen LogP contribution in [-0.2, 0) is 4.74 Å². The van der Waals surface area contributed by atoms with Crippen molar-refractivity contribution in [3.8, 4) is 11.3 Å². The van der Waals surface area contributed by atoms with Gasteiger partial charge in [0.25, 0.3) is 0 Å². The van der Waals surface area contributed by atoms with E-state index in [9.17, 15) is 4.79 Å². The number of Topliss-reactive ketones (excluding diaryl/α,β-unsaturated/α-hetero) is 1. The molecule has 0 aliphatic rings. The molecule has 0 saturated carbocycles. The molecule has 6 heteroatoms. The van der Waals surface area contributed by atoms with Crippen LogP contribution < -0.4 is 10.6 Å². The zero-order valence-corrected chi connectivity index (χ0v) is 16.1. The zero-order chi connectivity index (χ0) is 19.8. The smallest absolute Gasteiger partial charge is 0.225 e. The fraction of sp³-hybridized carbons (Fsp3) is 0.227. The van der Waals surface area contributed by atoms with Crippen LogP contribution in [0.1, 0.15) is 23.7 Å². The number of methoxy groups -OCH3 is 1. The van der Waals surface area contributed by atoms with Gasteiger partial charge in [-0.3, -0.25) is 4.79 Å². The predicted octanol–water partition coefficient (Wildman–Crippen LogP) is 4.54. The van der Waals surface area contributed by atoms with Crippen LogP contribution in [0.3, 0.4) is 0 Å². The molecular formula is C22H24N4O2. The minimum atomic E-state index is 0.0440. The molecule has 1 aromatic heterocycles. The number of rotatable bonds is 9. The van der Waals surface area contributed by atoms with Gasteiger partial charge in [-0.05, 0) is 37.6 Å². The molecule has 2 N–H and O–H groups in total. The Morgan fingerprint density at radius 1 is 1.04 bits per heavy atom. The van der Waals surface area contributed by atoms with E-state index in [1.54, 1.807) is 26.2 Å². The predicted molar refractivity (Wildman–Crippen MR) is 112 cm³/mol. The summed E-state index contributed by atoms with van der Waals surface area (Å²) in [7, 11) is 1.69. The molecule has 1 heterocycles. The number of hydrogen-bond donors (Lipinski definition) is 2. The summed E-state index contributed by atoms with van der Waals surface area (Å²) >= 11 is 0. The van der Waals surface area contributed by atoms with Gasteiger partial charge in [-0.15, -0.1) is 0 Å². The number of anilines is 3. The first-order chi connectivity index (χ1) is 13.7. The van der Waals surface area contributed by atoms with E-state index in [1.165, 1.54) is 0 Å². The van der Waals surface area contributed by atoms with Crippen LogP contribution in [-0.4, -0.2) is 36.0 Å². The Morgan fingerprint density at radius 3 is 2.46 bits per heavy atom. The van der Waals surface area contributed by atoms with Gasteiger partial charge < -0.3 is 15.4 Å². The number of nitrogens with zero attached hydrogens (tertiary/aromatic N) is 2. The van der Waals surface area contributed by atoms with E-state index in [4.69, 9.17) is 4.74 Å². The monoisotopic (exact) mass is 376 g/mol. The first-order valence-corrected chi connectivity index (χ1v) is 9.21. The van der Waals surface area contributed by atoms with Crippen LogP contribution in [0.4, 0.5) is 17.5 Å². The topological polar surface area (TPSA) is 76.1 Å². The van der Waals surface area contributed by atoms with Crippen molar-refractivity contribution in [1.29, 1.82) is 0 Å². The van der Waals surface area contributed by atoms with Crippen molar-refractivity contribution in [3.63, 3.8) is 0 Å². The van der Waals surface area contributed by atoms with Crippen LogP contribution in [0, 0.1) is 0 Å². The molecule has 2 aromatic carbocycles. The third-order valence-corrected chi connectivity index (χ3v) is 4.17. The lowest BCUT2D eigenvalue weighted by molar-refractivity contribution is 0.101. The third-order valence-electron chi connectivity index (χ3n) is 4.17. The average molecular weight is 376 g/mol. The minimum Gasteiger partial charge on any atom is -0.385 e. The maximum absolute atomic E-state index is 11.4. The molecular weight excluding hydrogens is 352 g/mol. The van der Waals surface area contributed by atoms with Crippen molar-refractivity contribution in [2.45, 2.75) is 13.3 Å². The van der Waals surface area contributed by atoms with E-state index in [0.717, 1.165) is 29.9 Å². The first kappa shape index (κ1) is 19.5. The molecule has 0 atom stereocenters. The highest BCUT2D eigenvalue weighted by atomic mass is 16.5. The number of ether oxygens (including phenoxy) is 1. The SMILES string of the molecule is COCCCNc1nc(Nc2ccc(C(C)=O)cc2)cc(-c2ccccc2)n1. The lowest BCUT2D eigenvalue weighted by Crippen LogP contribution is -2.09. The Morgan fingerprint density at radius 2 is 1.79 bits per heavy atom. The van der Waals surface area contributed by atoms with Crippen molar-refractivity contribution in [2.75, 3.05) is 30.9 Å². The summed E-state index contributed by atoms with van der Waals surface area (Å²) in [5, 5.41) is 6.55. The van der Waals surface area contributed by atoms with E-state index in [0.29, 0.717) is 23.9 Å². The summed E-state index contributed by atoms with van der Waals surface area (Å²) in [4.78, 5) is 20.7. The summed E-state index contributed by atoms with van der Waals surface area (Å²) in [5.41, 5.74) is 3.37. The second-order valence-electron chi connectivity index (χ2n) is 6.36. The second kappa shape index (κ2) is 9.62. The van der Waals surface area contributed by atoms with Gasteiger partial charge >= 0.3 is 0 Å². The average Bonchev–Trinajstić information content (AvgIpc) is 2.72. The summed E-state index contributed by atoms with van der Waals surface area (Å²) < 4.78 is 5.08. The van der Waals surface area contributed by atoms with Gasteiger partial charge in [-0.25, -0.2) is 4.98 Å². The normalized spacial score (nSPS) is 10.5. The van der Waals surface area contributed by atoms with Crippen molar-refractivity contribution in [2.24, 2.45) is 0 Å². The maximum atomic E-state index is 11.4. The molecule has 0 fully saturated rings. The van der Waals surface area contributed by atoms with Crippen LogP contribution >= 0.6 is 0 Å². The van der Waals surface area contributed by atoms with Gasteiger partial charge in [0, 0.05) is 43.1 Å². The van der Waals surface area contributed by atoms with Crippen molar-refractivity contribution >= 4 is 23.2 Å². The fourth-order valence-electron chi connectivity index (χ4n) is 2.70. The van der Waals surface area contributed by atoms with Crippen LogP contribution in [0.25, 0.3) is 11.3 Å². The van der Waals surface area contributed by atoms with Gasteiger partial charge in [0.15, 0.2) is 5.78 Å². The molecule has 3 rings (SSSR count). The van der Waals surface area contributed by atoms with Crippen LogP contribution in [0.2, 0.25) is 0 Å². The number of aromatic nitrogens is 2. The van der Waals surface area contributed by atoms with E-state index in [2.05, 4.69) is 20.6 Å². The standard InChI is InChI=1S/C22H24N4O2/c1-16(27)17-9-11-19(12-10-17)24-21-15-20(18-7-4-3-5-8-18)25-22(26-21)23-13-6-14-28-2/h3-5,7-12,15H,6,13-14H2,1-2H3,(H2,23,24,25,26). The number of nitrogens with one attached hydrogen (secondary N) is 2. The first-order valence-electron chi connectivity index (χ1n) is 9.21. The second-order valence-corrected chi connectivity index (χ2v) is 6.36. The fourth-order valence-corrected chi connectivity index (χ4v) is 2.70. The van der Waals surface area contributed by atoms with Gasteiger partial charge in [-0.1, -0.05) is 30.3 Å². The van der Waals surface area contributed by atoms with Crippen molar-refractivity contribution < 1.29 is 9.53 Å². The summed E-state index contributed by atoms with van der Waals surface area (Å²) in [6.45, 7) is 2.96. The Labute approximate surface area is 165 Å². The molecule has 3 aromatic rings. The molecule has 0 aliphatic carbocycles. The Hall–Kier alpha value is -3.25. The number of ketones is 1. The molecule has 28 heavy (non-hydrogen) atoms. The molecule has 0 bridgehead atoms. The van der Waals surface area contributed by atoms with Gasteiger partial charge in [0.05, 0.1) is 5.69 Å². The summed E-state index contributed by atoms with van der Waals surface area (Å²) in [6.07, 6.45) is 0.866. The molecule has 0 unspecified atom stereocenters. The van der Waals surface area contributed by atoms with Gasteiger partial charge in [-0.2, -0.15) is 4.98 Å². The number of carbonyl (C=O) groups is 1. The van der Waals surface area contributed by atoms with Crippen molar-refractivity contribution in [1.82, 2.24) is 9.97 Å². The highest BCUT2D eigenvalue weighted by Gasteiger charge is 2.08. The summed E-state index contributed by atoms with van der Waals surface area (Å²) in [5.74, 6) is 1.28. The summed E-state index contributed by atoms with van der Waals surface area (Å²) in [6, 6.07) is 19.2. The van der Waals surface area contributed by atoms with Crippen LogP contribution in [0.5, 0.6) is 0 Å². The largest absolute Gasteiger partial charge is 0.385 e. The van der Waals surface area contributed by atoms with Crippen LogP contribution in [0.15, 0.2) is 60.7 Å². The molecule has 0 radical (unpaired) electrons. The lowest BCUT2D eigenvalue weighted by Gasteiger charge is -2.12. The molecule has 0 spiro atoms. The zero-order valence-electron chi connectivity index (χ0n) is 16.1. The van der Waals surface area contributed by atoms with E-state index in [-0.39, 0.29) is 5.78 Å². The highest BCUT2D eigenvalue weighted by Crippen LogP contribution is 2.24. The number of carbonyl (C=O) groups excluding carboxylic acids is 1. The van der Waals surface area contributed by atoms with Gasteiger partial charge in [0.1, 0.15) is 5.82 Å². The van der Waals surface area contributed by atoms with E-state index in [1.807, 2.05) is 48.5 Å². The minimum absolute atomic E-state index is 0.0440. The molecule has 0 amide bonds. The van der Waals surface area contributed by atoms with E-state index < -0.39 is 0 Å². The highest BCUT2D eigenvalue weighted by molar-refractivity contribution is 5.94. The molecule has 144 valence electrons. The van der Waals surface area contributed by atoms with E-state index >= 15 is 0 Å². The third kappa shape index (κ3) is 5.37. The van der Waals surface area contributed by atoms with Crippen molar-refractivity contribution in [3.05, 3.63) is 66.2 Å². The Kier molecular flexibility index (Phi) is 6.70. The lowest BCUT2D eigenvalue weighted by atomic mass is 10.1.